The Morgan fingerprint density at radius 2 is 1.39 bits per heavy atom. The van der Waals surface area contributed by atoms with Crippen LogP contribution in [0.3, 0.4) is 0 Å². The Morgan fingerprint density at radius 3 is 2.00 bits per heavy atom. The second kappa shape index (κ2) is 7.91. The number of piperidine rings is 1. The highest BCUT2D eigenvalue weighted by Crippen LogP contribution is 2.44. The maximum atomic E-state index is 13.2. The van der Waals surface area contributed by atoms with Crippen LogP contribution < -0.4 is 5.32 Å². The first kappa shape index (κ1) is 19.4. The second-order valence-corrected chi connectivity index (χ2v) is 8.12. The van der Waals surface area contributed by atoms with Gasteiger partial charge in [0.1, 0.15) is 5.60 Å². The van der Waals surface area contributed by atoms with Crippen LogP contribution >= 0.6 is 0 Å². The quantitative estimate of drug-likeness (QED) is 0.637. The molecule has 3 aromatic carbocycles. The molecule has 0 unspecified atom stereocenters. The smallest absolute Gasteiger partial charge is 0.339 e. The number of nitrogens with one attached hydrogen (secondary N) is 1. The van der Waals surface area contributed by atoms with Gasteiger partial charge in [-0.15, -0.1) is 0 Å². The minimum atomic E-state index is -0.608. The molecule has 0 atom stereocenters. The number of urea groups is 1. The van der Waals surface area contributed by atoms with Gasteiger partial charge in [-0.1, -0.05) is 78.9 Å². The molecule has 1 fully saturated rings. The number of carbonyl (C=O) groups is 2. The van der Waals surface area contributed by atoms with Gasteiger partial charge < -0.3 is 15.0 Å². The van der Waals surface area contributed by atoms with Crippen LogP contribution in [0.25, 0.3) is 0 Å². The lowest BCUT2D eigenvalue weighted by atomic mass is 9.84. The molecule has 5 rings (SSSR count). The van der Waals surface area contributed by atoms with Crippen molar-refractivity contribution in [3.63, 3.8) is 0 Å². The van der Waals surface area contributed by atoms with E-state index in [-0.39, 0.29) is 18.0 Å². The van der Waals surface area contributed by atoms with Crippen LogP contribution in [0.4, 0.5) is 4.79 Å². The normalized spacial score (nSPS) is 16.8. The summed E-state index contributed by atoms with van der Waals surface area (Å²) in [6.07, 6.45) is 1.20. The van der Waals surface area contributed by atoms with Crippen molar-refractivity contribution >= 4 is 12.0 Å². The summed E-state index contributed by atoms with van der Waals surface area (Å²) in [7, 11) is 0. The summed E-state index contributed by atoms with van der Waals surface area (Å²) in [6.45, 7) is 1.06. The first-order chi connectivity index (χ1) is 15.2. The van der Waals surface area contributed by atoms with Gasteiger partial charge in [0.2, 0.25) is 0 Å². The molecule has 0 radical (unpaired) electrons. The van der Waals surface area contributed by atoms with Crippen LogP contribution in [0.15, 0.2) is 84.9 Å². The zero-order valence-electron chi connectivity index (χ0n) is 17.2. The summed E-state index contributed by atoms with van der Waals surface area (Å²) in [5, 5.41) is 3.21. The van der Waals surface area contributed by atoms with E-state index in [4.69, 9.17) is 4.74 Å². The van der Waals surface area contributed by atoms with E-state index in [0.29, 0.717) is 31.5 Å². The molecule has 5 heteroatoms. The van der Waals surface area contributed by atoms with Crippen LogP contribution in [0, 0.1) is 0 Å². The van der Waals surface area contributed by atoms with Crippen LogP contribution in [0.1, 0.15) is 45.9 Å². The minimum Gasteiger partial charge on any atom is -0.450 e. The fourth-order valence-electron chi connectivity index (χ4n) is 4.65. The summed E-state index contributed by atoms with van der Waals surface area (Å²) in [5.74, 6) is -0.262. The van der Waals surface area contributed by atoms with Crippen LogP contribution in [-0.4, -0.2) is 30.0 Å². The Balaban J connectivity index is 1.32. The number of carbonyl (C=O) groups excluding carboxylic acids is 2. The van der Waals surface area contributed by atoms with E-state index in [1.807, 2.05) is 89.8 Å². The number of hydrogen-bond donors (Lipinski definition) is 1. The van der Waals surface area contributed by atoms with Gasteiger partial charge in [0.25, 0.3) is 0 Å². The number of amides is 2. The van der Waals surface area contributed by atoms with Crippen molar-refractivity contribution in [2.24, 2.45) is 0 Å². The Labute approximate surface area is 181 Å². The predicted octanol–water partition coefficient (Wildman–Crippen LogP) is 4.65. The highest BCUT2D eigenvalue weighted by atomic mass is 16.6. The van der Waals surface area contributed by atoms with E-state index in [1.165, 1.54) is 0 Å². The molecule has 0 saturated carbocycles. The maximum absolute atomic E-state index is 13.2. The topological polar surface area (TPSA) is 58.6 Å². The zero-order chi connectivity index (χ0) is 21.3. The van der Waals surface area contributed by atoms with Crippen molar-refractivity contribution < 1.29 is 14.3 Å². The average molecular weight is 412 g/mol. The van der Waals surface area contributed by atoms with Crippen molar-refractivity contribution in [2.75, 3.05) is 13.1 Å². The first-order valence-corrected chi connectivity index (χ1v) is 10.6. The molecule has 31 heavy (non-hydrogen) atoms. The molecule has 0 aromatic heterocycles. The minimum absolute atomic E-state index is 0.106. The molecular formula is C26H24N2O3. The Hall–Kier alpha value is -3.60. The number of nitrogens with zero attached hydrogens (tertiary/aromatic N) is 1. The zero-order valence-corrected chi connectivity index (χ0v) is 17.2. The largest absolute Gasteiger partial charge is 0.450 e. The first-order valence-electron chi connectivity index (χ1n) is 10.6. The monoisotopic (exact) mass is 412 g/mol. The van der Waals surface area contributed by atoms with Gasteiger partial charge in [0.15, 0.2) is 0 Å². The Morgan fingerprint density at radius 1 is 0.839 bits per heavy atom. The molecule has 0 bridgehead atoms. The van der Waals surface area contributed by atoms with Crippen molar-refractivity contribution in [3.8, 4) is 0 Å². The molecule has 1 spiro atoms. The molecule has 5 nitrogen and oxygen atoms in total. The molecular weight excluding hydrogens is 388 g/mol. The van der Waals surface area contributed by atoms with Crippen LogP contribution in [0.2, 0.25) is 0 Å². The lowest BCUT2D eigenvalue weighted by Gasteiger charge is -2.39. The highest BCUT2D eigenvalue weighted by Gasteiger charge is 2.47. The molecule has 2 amide bonds. The molecule has 2 aliphatic heterocycles. The summed E-state index contributed by atoms with van der Waals surface area (Å²) in [4.78, 5) is 27.3. The molecule has 2 heterocycles. The summed E-state index contributed by atoms with van der Waals surface area (Å²) in [5.41, 5.74) is 3.06. The highest BCUT2D eigenvalue weighted by molar-refractivity contribution is 5.94. The van der Waals surface area contributed by atoms with E-state index in [1.54, 1.807) is 0 Å². The number of likely N-dealkylation sites (tertiary alicyclic amines) is 1. The maximum Gasteiger partial charge on any atom is 0.339 e. The second-order valence-electron chi connectivity index (χ2n) is 8.12. The lowest BCUT2D eigenvalue weighted by molar-refractivity contribution is -0.0370. The number of fused-ring (bicyclic) bond motifs is 2. The third-order valence-corrected chi connectivity index (χ3v) is 6.32. The summed E-state index contributed by atoms with van der Waals surface area (Å²) in [6, 6.07) is 27.2. The molecule has 1 saturated heterocycles. The van der Waals surface area contributed by atoms with Gasteiger partial charge in [0.05, 0.1) is 11.6 Å². The number of hydrogen-bond acceptors (Lipinski definition) is 3. The van der Waals surface area contributed by atoms with E-state index in [9.17, 15) is 9.59 Å². The average Bonchev–Trinajstić information content (AvgIpc) is 3.10. The van der Waals surface area contributed by atoms with Crippen molar-refractivity contribution in [1.82, 2.24) is 10.2 Å². The van der Waals surface area contributed by atoms with Gasteiger partial charge in [-0.2, -0.15) is 0 Å². The molecule has 0 aliphatic carbocycles. The van der Waals surface area contributed by atoms with Gasteiger partial charge in [-0.05, 0) is 17.2 Å². The SMILES string of the molecule is O=C1OC2(CCN(C(=O)NC(c3ccccc3)c3ccccc3)CC2)c2ccccc21. The fraction of sp³-hybridized carbons (Fsp3) is 0.231. The molecule has 2 aliphatic rings. The third kappa shape index (κ3) is 3.56. The van der Waals surface area contributed by atoms with E-state index in [2.05, 4.69) is 5.32 Å². The Bertz CT molecular complexity index is 1050. The molecule has 3 aromatic rings. The van der Waals surface area contributed by atoms with Gasteiger partial charge in [-0.3, -0.25) is 0 Å². The third-order valence-electron chi connectivity index (χ3n) is 6.32. The number of esters is 1. The summed E-state index contributed by atoms with van der Waals surface area (Å²) >= 11 is 0. The standard InChI is InChI=1S/C26H24N2O3/c29-24-21-13-7-8-14-22(21)26(31-24)15-17-28(18-16-26)25(30)27-23(19-9-3-1-4-10-19)20-11-5-2-6-12-20/h1-14,23H,15-18H2,(H,27,30). The van der Waals surface area contributed by atoms with Crippen molar-refractivity contribution in [1.29, 1.82) is 0 Å². The van der Waals surface area contributed by atoms with Crippen LogP contribution in [-0.2, 0) is 10.3 Å². The van der Waals surface area contributed by atoms with Crippen molar-refractivity contribution in [2.45, 2.75) is 24.5 Å². The summed E-state index contributed by atoms with van der Waals surface area (Å²) < 4.78 is 5.81. The number of rotatable bonds is 3. The predicted molar refractivity (Wildman–Crippen MR) is 118 cm³/mol. The van der Waals surface area contributed by atoms with Crippen molar-refractivity contribution in [3.05, 3.63) is 107 Å². The Kier molecular flexibility index (Phi) is 4.94. The van der Waals surface area contributed by atoms with Gasteiger partial charge >= 0.3 is 12.0 Å². The number of benzene rings is 3. The van der Waals surface area contributed by atoms with Gasteiger partial charge in [-0.25, -0.2) is 9.59 Å². The van der Waals surface area contributed by atoms with E-state index >= 15 is 0 Å². The van der Waals surface area contributed by atoms with Gasteiger partial charge in [0, 0.05) is 31.5 Å². The lowest BCUT2D eigenvalue weighted by Crippen LogP contribution is -2.49. The van der Waals surface area contributed by atoms with E-state index < -0.39 is 5.60 Å². The van der Waals surface area contributed by atoms with Crippen LogP contribution in [0.5, 0.6) is 0 Å². The fourth-order valence-corrected chi connectivity index (χ4v) is 4.65. The molecule has 156 valence electrons. The molecule has 1 N–H and O–H groups in total. The number of ether oxygens (including phenoxy) is 1. The van der Waals surface area contributed by atoms with E-state index in [0.717, 1.165) is 16.7 Å².